The molecule has 0 spiro atoms. The highest BCUT2D eigenvalue weighted by molar-refractivity contribution is 5.75. The summed E-state index contributed by atoms with van der Waals surface area (Å²) in [6.07, 6.45) is 0.415. The first-order valence-corrected chi connectivity index (χ1v) is 5.48. The van der Waals surface area contributed by atoms with E-state index in [4.69, 9.17) is 5.84 Å². The van der Waals surface area contributed by atoms with Gasteiger partial charge in [0.15, 0.2) is 0 Å². The molecule has 0 radical (unpaired) electrons. The number of carbonyl (C=O) groups excluding carboxylic acids is 1. The number of rotatable bonds is 5. The second-order valence-electron chi connectivity index (χ2n) is 3.73. The molecule has 0 aliphatic heterocycles. The van der Waals surface area contributed by atoms with Crippen molar-refractivity contribution in [2.75, 3.05) is 18.0 Å². The number of benzene rings is 1. The summed E-state index contributed by atoms with van der Waals surface area (Å²) in [5.74, 6) is 4.91. The summed E-state index contributed by atoms with van der Waals surface area (Å²) in [6.45, 7) is 5.69. The third-order valence-electron chi connectivity index (χ3n) is 2.55. The van der Waals surface area contributed by atoms with Crippen molar-refractivity contribution in [3.8, 4) is 0 Å². The Morgan fingerprint density at radius 2 is 2.00 bits per heavy atom. The minimum Gasteiger partial charge on any atom is -0.371 e. The van der Waals surface area contributed by atoms with Crippen LogP contribution in [0.15, 0.2) is 24.3 Å². The van der Waals surface area contributed by atoms with Crippen molar-refractivity contribution in [2.24, 2.45) is 5.84 Å². The van der Waals surface area contributed by atoms with E-state index in [2.05, 4.69) is 48.4 Å². The number of nitrogens with two attached hydrogens (primary N) is 1. The average molecular weight is 221 g/mol. The lowest BCUT2D eigenvalue weighted by Gasteiger charge is -2.22. The first-order chi connectivity index (χ1) is 7.67. The molecule has 0 atom stereocenters. The maximum absolute atomic E-state index is 11.1. The van der Waals surface area contributed by atoms with Crippen LogP contribution in [-0.2, 0) is 4.79 Å². The van der Waals surface area contributed by atoms with Gasteiger partial charge in [0, 0.05) is 25.2 Å². The van der Waals surface area contributed by atoms with Gasteiger partial charge in [0.05, 0.1) is 0 Å². The largest absolute Gasteiger partial charge is 0.371 e. The van der Waals surface area contributed by atoms with Crippen LogP contribution in [0, 0.1) is 6.92 Å². The Labute approximate surface area is 96.4 Å². The van der Waals surface area contributed by atoms with Crippen LogP contribution in [0.5, 0.6) is 0 Å². The standard InChI is InChI=1S/C12H19N3O/c1-3-15(9-8-12(16)14-13)11-6-4-10(2)5-7-11/h4-7H,3,8-9,13H2,1-2H3,(H,14,16). The van der Waals surface area contributed by atoms with Gasteiger partial charge >= 0.3 is 0 Å². The smallest absolute Gasteiger partial charge is 0.235 e. The second-order valence-corrected chi connectivity index (χ2v) is 3.73. The number of nitrogens with zero attached hydrogens (tertiary/aromatic N) is 1. The lowest BCUT2D eigenvalue weighted by molar-refractivity contribution is -0.120. The van der Waals surface area contributed by atoms with Crippen molar-refractivity contribution in [3.63, 3.8) is 0 Å². The van der Waals surface area contributed by atoms with E-state index in [1.807, 2.05) is 0 Å². The number of hydrazine groups is 1. The lowest BCUT2D eigenvalue weighted by Crippen LogP contribution is -2.34. The van der Waals surface area contributed by atoms with E-state index >= 15 is 0 Å². The molecule has 1 aromatic rings. The molecular weight excluding hydrogens is 202 g/mol. The topological polar surface area (TPSA) is 58.4 Å². The van der Waals surface area contributed by atoms with Gasteiger partial charge in [-0.15, -0.1) is 0 Å². The average Bonchev–Trinajstić information content (AvgIpc) is 2.31. The molecule has 0 fully saturated rings. The maximum atomic E-state index is 11.1. The summed E-state index contributed by atoms with van der Waals surface area (Å²) in [5, 5.41) is 0. The van der Waals surface area contributed by atoms with E-state index in [0.29, 0.717) is 13.0 Å². The molecule has 0 aliphatic carbocycles. The van der Waals surface area contributed by atoms with E-state index in [-0.39, 0.29) is 5.91 Å². The monoisotopic (exact) mass is 221 g/mol. The molecular formula is C12H19N3O. The summed E-state index contributed by atoms with van der Waals surface area (Å²) in [7, 11) is 0. The van der Waals surface area contributed by atoms with Gasteiger partial charge in [0.25, 0.3) is 0 Å². The molecule has 0 bridgehead atoms. The van der Waals surface area contributed by atoms with Crippen LogP contribution in [-0.4, -0.2) is 19.0 Å². The first kappa shape index (κ1) is 12.5. The second kappa shape index (κ2) is 6.12. The highest BCUT2D eigenvalue weighted by atomic mass is 16.2. The highest BCUT2D eigenvalue weighted by Crippen LogP contribution is 2.14. The third kappa shape index (κ3) is 3.55. The molecule has 1 rings (SSSR count). The SMILES string of the molecule is CCN(CCC(=O)NN)c1ccc(C)cc1. The Kier molecular flexibility index (Phi) is 4.79. The van der Waals surface area contributed by atoms with Gasteiger partial charge in [0.1, 0.15) is 0 Å². The summed E-state index contributed by atoms with van der Waals surface area (Å²) >= 11 is 0. The highest BCUT2D eigenvalue weighted by Gasteiger charge is 2.06. The van der Waals surface area contributed by atoms with E-state index in [1.54, 1.807) is 0 Å². The molecule has 0 heterocycles. The van der Waals surface area contributed by atoms with Crippen LogP contribution in [0.1, 0.15) is 18.9 Å². The zero-order chi connectivity index (χ0) is 12.0. The predicted octanol–water partition coefficient (Wildman–Crippen LogP) is 1.20. The van der Waals surface area contributed by atoms with E-state index in [9.17, 15) is 4.79 Å². The Morgan fingerprint density at radius 3 is 2.50 bits per heavy atom. The van der Waals surface area contributed by atoms with Gasteiger partial charge in [-0.3, -0.25) is 10.2 Å². The number of amides is 1. The number of anilines is 1. The van der Waals surface area contributed by atoms with Crippen molar-refractivity contribution in [2.45, 2.75) is 20.3 Å². The van der Waals surface area contributed by atoms with Crippen LogP contribution in [0.25, 0.3) is 0 Å². The fourth-order valence-corrected chi connectivity index (χ4v) is 1.53. The minimum absolute atomic E-state index is 0.134. The van der Waals surface area contributed by atoms with Gasteiger partial charge in [-0.2, -0.15) is 0 Å². The first-order valence-electron chi connectivity index (χ1n) is 5.48. The van der Waals surface area contributed by atoms with Crippen LogP contribution in [0.2, 0.25) is 0 Å². The maximum Gasteiger partial charge on any atom is 0.235 e. The van der Waals surface area contributed by atoms with E-state index in [1.165, 1.54) is 5.56 Å². The molecule has 3 N–H and O–H groups in total. The van der Waals surface area contributed by atoms with Gasteiger partial charge < -0.3 is 4.90 Å². The molecule has 4 nitrogen and oxygen atoms in total. The molecule has 88 valence electrons. The quantitative estimate of drug-likeness (QED) is 0.446. The minimum atomic E-state index is -0.134. The summed E-state index contributed by atoms with van der Waals surface area (Å²) in [4.78, 5) is 13.2. The van der Waals surface area contributed by atoms with Crippen LogP contribution < -0.4 is 16.2 Å². The number of nitrogens with one attached hydrogen (secondary N) is 1. The lowest BCUT2D eigenvalue weighted by atomic mass is 10.2. The summed E-state index contributed by atoms with van der Waals surface area (Å²) in [5.41, 5.74) is 4.51. The van der Waals surface area contributed by atoms with E-state index < -0.39 is 0 Å². The van der Waals surface area contributed by atoms with Crippen molar-refractivity contribution in [1.29, 1.82) is 0 Å². The normalized spacial score (nSPS) is 9.94. The van der Waals surface area contributed by atoms with Gasteiger partial charge in [-0.05, 0) is 26.0 Å². The molecule has 0 aliphatic rings. The predicted molar refractivity (Wildman–Crippen MR) is 66.0 cm³/mol. The summed E-state index contributed by atoms with van der Waals surface area (Å²) in [6, 6.07) is 8.28. The molecule has 16 heavy (non-hydrogen) atoms. The Balaban J connectivity index is 2.60. The zero-order valence-corrected chi connectivity index (χ0v) is 9.86. The molecule has 1 aromatic carbocycles. The fraction of sp³-hybridized carbons (Fsp3) is 0.417. The molecule has 1 amide bonds. The molecule has 0 aromatic heterocycles. The Morgan fingerprint density at radius 1 is 1.38 bits per heavy atom. The van der Waals surface area contributed by atoms with Crippen molar-refractivity contribution >= 4 is 11.6 Å². The Hall–Kier alpha value is -1.55. The molecule has 0 unspecified atom stereocenters. The van der Waals surface area contributed by atoms with Crippen molar-refractivity contribution in [3.05, 3.63) is 29.8 Å². The van der Waals surface area contributed by atoms with Crippen LogP contribution in [0.3, 0.4) is 0 Å². The van der Waals surface area contributed by atoms with Crippen LogP contribution in [0.4, 0.5) is 5.69 Å². The molecule has 0 saturated heterocycles. The van der Waals surface area contributed by atoms with Gasteiger partial charge in [-0.1, -0.05) is 17.7 Å². The third-order valence-corrected chi connectivity index (χ3v) is 2.55. The van der Waals surface area contributed by atoms with E-state index in [0.717, 1.165) is 12.2 Å². The van der Waals surface area contributed by atoms with Gasteiger partial charge in [0.2, 0.25) is 5.91 Å². The van der Waals surface area contributed by atoms with Crippen molar-refractivity contribution < 1.29 is 4.79 Å². The number of hydrogen-bond donors (Lipinski definition) is 2. The molecule has 0 saturated carbocycles. The zero-order valence-electron chi connectivity index (χ0n) is 9.86. The number of aryl methyl sites for hydroxylation is 1. The fourth-order valence-electron chi connectivity index (χ4n) is 1.53. The van der Waals surface area contributed by atoms with Gasteiger partial charge in [-0.25, -0.2) is 5.84 Å². The summed E-state index contributed by atoms with van der Waals surface area (Å²) < 4.78 is 0. The Bertz CT molecular complexity index is 335. The number of hydrogen-bond acceptors (Lipinski definition) is 3. The van der Waals surface area contributed by atoms with Crippen molar-refractivity contribution in [1.82, 2.24) is 5.43 Å². The molecule has 4 heteroatoms. The van der Waals surface area contributed by atoms with Crippen LogP contribution >= 0.6 is 0 Å². The number of carbonyl (C=O) groups is 1.